The maximum Gasteiger partial charge on any atom is 0.191 e. The Morgan fingerprint density at radius 3 is 2.50 bits per heavy atom. The molecule has 1 heterocycles. The summed E-state index contributed by atoms with van der Waals surface area (Å²) in [5.74, 6) is 2.69. The Hall–Kier alpha value is -2.55. The zero-order chi connectivity index (χ0) is 20.5. The van der Waals surface area contributed by atoms with Crippen LogP contribution in [0.1, 0.15) is 29.4 Å². The zero-order valence-electron chi connectivity index (χ0n) is 17.8. The van der Waals surface area contributed by atoms with E-state index in [2.05, 4.69) is 63.5 Å². The van der Waals surface area contributed by atoms with Crippen LogP contribution in [0, 0.1) is 6.92 Å². The number of imidazole rings is 1. The van der Waals surface area contributed by atoms with E-state index in [1.165, 1.54) is 16.7 Å². The number of aromatic nitrogens is 2. The molecule has 0 fully saturated rings. The van der Waals surface area contributed by atoms with E-state index in [4.69, 9.17) is 9.73 Å². The van der Waals surface area contributed by atoms with Crippen LogP contribution in [-0.2, 0) is 19.6 Å². The molecule has 0 atom stereocenters. The zero-order valence-corrected chi connectivity index (χ0v) is 20.1. The van der Waals surface area contributed by atoms with E-state index in [1.54, 1.807) is 7.11 Å². The molecule has 2 aromatic carbocycles. The van der Waals surface area contributed by atoms with Gasteiger partial charge in [-0.1, -0.05) is 36.4 Å². The molecule has 0 bridgehead atoms. The van der Waals surface area contributed by atoms with Crippen LogP contribution in [0.15, 0.2) is 65.9 Å². The molecular formula is C23H30IN5O. The largest absolute Gasteiger partial charge is 0.497 e. The molecular weight excluding hydrogens is 489 g/mol. The number of aryl methyl sites for hydroxylation is 1. The van der Waals surface area contributed by atoms with Crippen LogP contribution in [0.4, 0.5) is 0 Å². The number of halogens is 1. The Balaban J connectivity index is 0.00000320. The van der Waals surface area contributed by atoms with Crippen LogP contribution in [0.5, 0.6) is 5.75 Å². The first-order valence-corrected chi connectivity index (χ1v) is 9.88. The molecule has 0 aliphatic carbocycles. The minimum atomic E-state index is 0. The number of nitrogens with one attached hydrogen (secondary N) is 2. The van der Waals surface area contributed by atoms with Gasteiger partial charge in [0.2, 0.25) is 0 Å². The standard InChI is InChI=1S/C23H29N5O.HI/c1-4-24-23(26-15-19-8-10-22(29-3)11-9-19)27-16-20-6-5-7-21(14-20)17-28-13-12-25-18(28)2;/h5-14H,4,15-17H2,1-3H3,(H2,24,26,27);1H. The van der Waals surface area contributed by atoms with Gasteiger partial charge in [0.25, 0.3) is 0 Å². The predicted molar refractivity (Wildman–Crippen MR) is 133 cm³/mol. The van der Waals surface area contributed by atoms with E-state index in [9.17, 15) is 0 Å². The van der Waals surface area contributed by atoms with Crippen molar-refractivity contribution in [2.75, 3.05) is 13.7 Å². The van der Waals surface area contributed by atoms with E-state index in [1.807, 2.05) is 31.5 Å². The van der Waals surface area contributed by atoms with Gasteiger partial charge in [0.1, 0.15) is 11.6 Å². The number of hydrogen-bond donors (Lipinski definition) is 2. The van der Waals surface area contributed by atoms with Crippen LogP contribution < -0.4 is 15.4 Å². The third-order valence-corrected chi connectivity index (χ3v) is 4.65. The maximum atomic E-state index is 5.21. The summed E-state index contributed by atoms with van der Waals surface area (Å²) < 4.78 is 7.35. The molecule has 160 valence electrons. The van der Waals surface area contributed by atoms with Crippen LogP contribution >= 0.6 is 24.0 Å². The third kappa shape index (κ3) is 7.05. The van der Waals surface area contributed by atoms with Crippen LogP contribution in [0.25, 0.3) is 0 Å². The fraction of sp³-hybridized carbons (Fsp3) is 0.304. The first kappa shape index (κ1) is 23.7. The van der Waals surface area contributed by atoms with E-state index in [-0.39, 0.29) is 24.0 Å². The SMILES string of the molecule is CCNC(=NCc1cccc(Cn2ccnc2C)c1)NCc1ccc(OC)cc1.I. The minimum absolute atomic E-state index is 0. The van der Waals surface area contributed by atoms with Gasteiger partial charge >= 0.3 is 0 Å². The highest BCUT2D eigenvalue weighted by molar-refractivity contribution is 14.0. The highest BCUT2D eigenvalue weighted by atomic mass is 127. The molecule has 2 N–H and O–H groups in total. The van der Waals surface area contributed by atoms with Crippen molar-refractivity contribution in [2.24, 2.45) is 4.99 Å². The van der Waals surface area contributed by atoms with Crippen LogP contribution in [0.3, 0.4) is 0 Å². The Kier molecular flexibility index (Phi) is 9.66. The summed E-state index contributed by atoms with van der Waals surface area (Å²) in [6.45, 7) is 7.04. The second kappa shape index (κ2) is 12.2. The van der Waals surface area contributed by atoms with Gasteiger partial charge in [-0.3, -0.25) is 0 Å². The second-order valence-corrected chi connectivity index (χ2v) is 6.82. The van der Waals surface area contributed by atoms with Crippen molar-refractivity contribution in [2.45, 2.75) is 33.5 Å². The smallest absolute Gasteiger partial charge is 0.191 e. The molecule has 0 aliphatic rings. The van der Waals surface area contributed by atoms with Crippen molar-refractivity contribution in [1.82, 2.24) is 20.2 Å². The predicted octanol–water partition coefficient (Wildman–Crippen LogP) is 4.12. The number of methoxy groups -OCH3 is 1. The van der Waals surface area contributed by atoms with Crippen LogP contribution in [0.2, 0.25) is 0 Å². The third-order valence-electron chi connectivity index (χ3n) is 4.65. The number of hydrogen-bond acceptors (Lipinski definition) is 3. The molecule has 30 heavy (non-hydrogen) atoms. The summed E-state index contributed by atoms with van der Waals surface area (Å²) in [6, 6.07) is 16.6. The van der Waals surface area contributed by atoms with Crippen molar-refractivity contribution in [1.29, 1.82) is 0 Å². The van der Waals surface area contributed by atoms with Gasteiger partial charge < -0.3 is 19.9 Å². The van der Waals surface area contributed by atoms with Gasteiger partial charge in [0.15, 0.2) is 5.96 Å². The summed E-state index contributed by atoms with van der Waals surface area (Å²) in [4.78, 5) is 9.03. The molecule has 0 saturated carbocycles. The van der Waals surface area contributed by atoms with E-state index < -0.39 is 0 Å². The number of rotatable bonds is 8. The molecule has 0 amide bonds. The lowest BCUT2D eigenvalue weighted by atomic mass is 10.1. The summed E-state index contributed by atoms with van der Waals surface area (Å²) in [5, 5.41) is 6.69. The number of benzene rings is 2. The Morgan fingerprint density at radius 2 is 1.83 bits per heavy atom. The van der Waals surface area contributed by atoms with E-state index in [0.717, 1.165) is 30.6 Å². The summed E-state index contributed by atoms with van der Waals surface area (Å²) >= 11 is 0. The minimum Gasteiger partial charge on any atom is -0.497 e. The van der Waals surface area contributed by atoms with Gasteiger partial charge in [0.05, 0.1) is 13.7 Å². The van der Waals surface area contributed by atoms with Gasteiger partial charge in [0, 0.05) is 32.0 Å². The van der Waals surface area contributed by atoms with Crippen molar-refractivity contribution >= 4 is 29.9 Å². The van der Waals surface area contributed by atoms with Gasteiger partial charge in [-0.15, -0.1) is 24.0 Å². The average molecular weight is 519 g/mol. The topological polar surface area (TPSA) is 63.5 Å². The Bertz CT molecular complexity index is 937. The van der Waals surface area contributed by atoms with Crippen molar-refractivity contribution in [3.63, 3.8) is 0 Å². The number of nitrogens with zero attached hydrogens (tertiary/aromatic N) is 3. The Morgan fingerprint density at radius 1 is 1.07 bits per heavy atom. The first-order valence-electron chi connectivity index (χ1n) is 9.88. The fourth-order valence-corrected chi connectivity index (χ4v) is 3.04. The van der Waals surface area contributed by atoms with Gasteiger partial charge in [-0.05, 0) is 42.7 Å². The molecule has 0 aliphatic heterocycles. The number of aliphatic imine (C=N–C) groups is 1. The molecule has 0 spiro atoms. The molecule has 0 radical (unpaired) electrons. The lowest BCUT2D eigenvalue weighted by Crippen LogP contribution is -2.36. The van der Waals surface area contributed by atoms with Crippen molar-refractivity contribution in [3.8, 4) is 5.75 Å². The summed E-state index contributed by atoms with van der Waals surface area (Å²) in [5.41, 5.74) is 3.60. The van der Waals surface area contributed by atoms with E-state index >= 15 is 0 Å². The molecule has 6 nitrogen and oxygen atoms in total. The fourth-order valence-electron chi connectivity index (χ4n) is 3.04. The molecule has 7 heteroatoms. The first-order chi connectivity index (χ1) is 14.2. The lowest BCUT2D eigenvalue weighted by molar-refractivity contribution is 0.414. The molecule has 3 rings (SSSR count). The number of guanidine groups is 1. The lowest BCUT2D eigenvalue weighted by Gasteiger charge is -2.12. The molecule has 0 unspecified atom stereocenters. The Labute approximate surface area is 195 Å². The second-order valence-electron chi connectivity index (χ2n) is 6.82. The molecule has 0 saturated heterocycles. The summed E-state index contributed by atoms with van der Waals surface area (Å²) in [6.07, 6.45) is 3.84. The average Bonchev–Trinajstić information content (AvgIpc) is 3.15. The quantitative estimate of drug-likeness (QED) is 0.267. The molecule has 3 aromatic rings. The highest BCUT2D eigenvalue weighted by Gasteiger charge is 2.02. The van der Waals surface area contributed by atoms with Crippen LogP contribution in [-0.4, -0.2) is 29.2 Å². The normalized spacial score (nSPS) is 11.0. The number of ether oxygens (including phenoxy) is 1. The van der Waals surface area contributed by atoms with Gasteiger partial charge in [-0.25, -0.2) is 9.98 Å². The van der Waals surface area contributed by atoms with Crippen molar-refractivity contribution < 1.29 is 4.74 Å². The van der Waals surface area contributed by atoms with Gasteiger partial charge in [-0.2, -0.15) is 0 Å². The molecule has 1 aromatic heterocycles. The highest BCUT2D eigenvalue weighted by Crippen LogP contribution is 2.11. The maximum absolute atomic E-state index is 5.21. The van der Waals surface area contributed by atoms with E-state index in [0.29, 0.717) is 13.1 Å². The monoisotopic (exact) mass is 519 g/mol. The van der Waals surface area contributed by atoms with Crippen molar-refractivity contribution in [3.05, 3.63) is 83.4 Å². The summed E-state index contributed by atoms with van der Waals surface area (Å²) in [7, 11) is 1.68.